The van der Waals surface area contributed by atoms with Gasteiger partial charge in [-0.2, -0.15) is 0 Å². The molecule has 2 aromatic carbocycles. The van der Waals surface area contributed by atoms with Crippen LogP contribution in [0.3, 0.4) is 0 Å². The first-order valence-electron chi connectivity index (χ1n) is 10.9. The van der Waals surface area contributed by atoms with Gasteiger partial charge in [-0.05, 0) is 54.9 Å². The molecular weight excluding hydrogens is 390 g/mol. The second kappa shape index (κ2) is 12.1. The van der Waals surface area contributed by atoms with E-state index in [0.29, 0.717) is 24.4 Å². The third kappa shape index (κ3) is 9.22. The molecule has 0 spiro atoms. The van der Waals surface area contributed by atoms with Crippen LogP contribution in [0.4, 0.5) is 5.69 Å². The van der Waals surface area contributed by atoms with Crippen molar-refractivity contribution in [3.05, 3.63) is 54.6 Å². The number of hydrogen-bond acceptors (Lipinski definition) is 4. The molecule has 0 radical (unpaired) electrons. The fourth-order valence-electron chi connectivity index (χ4n) is 3.32. The molecule has 2 amide bonds. The number of nitrogens with one attached hydrogen (secondary N) is 2. The molecule has 0 aliphatic carbocycles. The normalized spacial score (nSPS) is 11.3. The molecule has 0 saturated carbocycles. The number of benzene rings is 2. The summed E-state index contributed by atoms with van der Waals surface area (Å²) in [5, 5.41) is 5.86. The van der Waals surface area contributed by atoms with Crippen LogP contribution in [0.1, 0.15) is 40.5 Å². The number of ether oxygens (including phenoxy) is 1. The third-order valence-electron chi connectivity index (χ3n) is 5.04. The molecule has 0 aliphatic rings. The molecule has 2 N–H and O–H groups in total. The first-order valence-corrected chi connectivity index (χ1v) is 10.9. The number of rotatable bonds is 12. The minimum atomic E-state index is -0.431. The van der Waals surface area contributed by atoms with Crippen molar-refractivity contribution in [3.8, 4) is 11.5 Å². The minimum Gasteiger partial charge on any atom is -0.457 e. The summed E-state index contributed by atoms with van der Waals surface area (Å²) in [6.07, 6.45) is 0.571. The molecule has 0 fully saturated rings. The lowest BCUT2D eigenvalue weighted by molar-refractivity contribution is -0.124. The first-order chi connectivity index (χ1) is 14.8. The van der Waals surface area contributed by atoms with E-state index in [9.17, 15) is 9.59 Å². The Kier molecular flexibility index (Phi) is 9.53. The van der Waals surface area contributed by atoms with Crippen molar-refractivity contribution in [2.24, 2.45) is 5.41 Å². The Labute approximate surface area is 186 Å². The van der Waals surface area contributed by atoms with Gasteiger partial charge in [-0.1, -0.05) is 45.9 Å². The van der Waals surface area contributed by atoms with Crippen LogP contribution in [-0.4, -0.2) is 42.9 Å². The molecule has 31 heavy (non-hydrogen) atoms. The highest BCUT2D eigenvalue weighted by Gasteiger charge is 2.25. The molecule has 0 heterocycles. The lowest BCUT2D eigenvalue weighted by atomic mass is 9.85. The molecule has 2 aromatic rings. The van der Waals surface area contributed by atoms with Gasteiger partial charge >= 0.3 is 0 Å². The van der Waals surface area contributed by atoms with Gasteiger partial charge in [0.05, 0.1) is 0 Å². The van der Waals surface area contributed by atoms with Gasteiger partial charge in [0, 0.05) is 31.6 Å². The van der Waals surface area contributed by atoms with Gasteiger partial charge in [-0.3, -0.25) is 9.59 Å². The van der Waals surface area contributed by atoms with Crippen LogP contribution in [0.15, 0.2) is 54.6 Å². The largest absolute Gasteiger partial charge is 0.457 e. The van der Waals surface area contributed by atoms with Crippen LogP contribution < -0.4 is 15.4 Å². The number of anilines is 1. The standard InChI is InChI=1S/C25H35N3O3/c1-5-28(6-2)17-16-26-23(29)18-25(3,4)19-24(30)27-20-12-14-22(15-13-20)31-21-10-8-7-9-11-21/h7-15H,5-6,16-19H2,1-4H3,(H,26,29)(H,27,30). The SMILES string of the molecule is CCN(CC)CCNC(=O)CC(C)(C)CC(=O)Nc1ccc(Oc2ccccc2)cc1. The highest BCUT2D eigenvalue weighted by molar-refractivity contribution is 5.91. The Bertz CT molecular complexity index is 816. The monoisotopic (exact) mass is 425 g/mol. The molecule has 0 bridgehead atoms. The Morgan fingerprint density at radius 3 is 2.06 bits per heavy atom. The number of carbonyl (C=O) groups excluding carboxylic acids is 2. The van der Waals surface area contributed by atoms with E-state index in [-0.39, 0.29) is 18.2 Å². The molecular formula is C25H35N3O3. The van der Waals surface area contributed by atoms with Crippen LogP contribution in [0.5, 0.6) is 11.5 Å². The molecule has 0 aromatic heterocycles. The van der Waals surface area contributed by atoms with E-state index in [1.807, 2.05) is 68.4 Å². The van der Waals surface area contributed by atoms with Crippen molar-refractivity contribution in [2.45, 2.75) is 40.5 Å². The lowest BCUT2D eigenvalue weighted by Crippen LogP contribution is -2.37. The summed E-state index contributed by atoms with van der Waals surface area (Å²) in [5.41, 5.74) is 0.268. The predicted molar refractivity (Wildman–Crippen MR) is 125 cm³/mol. The maximum atomic E-state index is 12.5. The molecule has 0 unspecified atom stereocenters. The Balaban J connectivity index is 1.77. The molecule has 0 atom stereocenters. The molecule has 6 heteroatoms. The summed E-state index contributed by atoms with van der Waals surface area (Å²) in [7, 11) is 0. The molecule has 168 valence electrons. The van der Waals surface area contributed by atoms with E-state index in [0.717, 1.165) is 25.4 Å². The van der Waals surface area contributed by atoms with Crippen molar-refractivity contribution < 1.29 is 14.3 Å². The highest BCUT2D eigenvalue weighted by Crippen LogP contribution is 2.26. The van der Waals surface area contributed by atoms with E-state index in [2.05, 4.69) is 29.4 Å². The van der Waals surface area contributed by atoms with E-state index in [4.69, 9.17) is 4.74 Å². The fourth-order valence-corrected chi connectivity index (χ4v) is 3.32. The van der Waals surface area contributed by atoms with Gasteiger partial charge < -0.3 is 20.3 Å². The summed E-state index contributed by atoms with van der Waals surface area (Å²) < 4.78 is 5.76. The number of carbonyl (C=O) groups is 2. The van der Waals surface area contributed by atoms with Gasteiger partial charge in [-0.15, -0.1) is 0 Å². The van der Waals surface area contributed by atoms with E-state index in [1.54, 1.807) is 0 Å². The fraction of sp³-hybridized carbons (Fsp3) is 0.440. The van der Waals surface area contributed by atoms with Crippen LogP contribution in [0.25, 0.3) is 0 Å². The Morgan fingerprint density at radius 1 is 0.871 bits per heavy atom. The number of hydrogen-bond donors (Lipinski definition) is 2. The first kappa shape index (κ1) is 24.4. The zero-order valence-electron chi connectivity index (χ0n) is 19.1. The van der Waals surface area contributed by atoms with Crippen LogP contribution in [0.2, 0.25) is 0 Å². The zero-order chi connectivity index (χ0) is 22.7. The van der Waals surface area contributed by atoms with Crippen molar-refractivity contribution in [1.82, 2.24) is 10.2 Å². The Morgan fingerprint density at radius 2 is 1.45 bits per heavy atom. The van der Waals surface area contributed by atoms with Gasteiger partial charge in [0.15, 0.2) is 0 Å². The summed E-state index contributed by atoms with van der Waals surface area (Å²) in [6, 6.07) is 16.8. The lowest BCUT2D eigenvalue weighted by Gasteiger charge is -2.24. The summed E-state index contributed by atoms with van der Waals surface area (Å²) >= 11 is 0. The molecule has 0 saturated heterocycles. The molecule has 6 nitrogen and oxygen atoms in total. The van der Waals surface area contributed by atoms with Gasteiger partial charge in [0.25, 0.3) is 0 Å². The number of nitrogens with zero attached hydrogens (tertiary/aromatic N) is 1. The third-order valence-corrected chi connectivity index (χ3v) is 5.04. The van der Waals surface area contributed by atoms with E-state index in [1.165, 1.54) is 0 Å². The summed E-state index contributed by atoms with van der Waals surface area (Å²) in [5.74, 6) is 1.33. The maximum absolute atomic E-state index is 12.5. The van der Waals surface area contributed by atoms with Gasteiger partial charge in [0.1, 0.15) is 11.5 Å². The smallest absolute Gasteiger partial charge is 0.224 e. The van der Waals surface area contributed by atoms with E-state index < -0.39 is 5.41 Å². The summed E-state index contributed by atoms with van der Waals surface area (Å²) in [6.45, 7) is 11.5. The van der Waals surface area contributed by atoms with Gasteiger partial charge in [-0.25, -0.2) is 0 Å². The van der Waals surface area contributed by atoms with Crippen molar-refractivity contribution in [1.29, 1.82) is 0 Å². The molecule has 0 aliphatic heterocycles. The van der Waals surface area contributed by atoms with Crippen molar-refractivity contribution in [3.63, 3.8) is 0 Å². The van der Waals surface area contributed by atoms with Crippen LogP contribution >= 0.6 is 0 Å². The van der Waals surface area contributed by atoms with E-state index >= 15 is 0 Å². The zero-order valence-corrected chi connectivity index (χ0v) is 19.1. The quantitative estimate of drug-likeness (QED) is 0.518. The second-order valence-corrected chi connectivity index (χ2v) is 8.38. The topological polar surface area (TPSA) is 70.7 Å². The van der Waals surface area contributed by atoms with Gasteiger partial charge in [0.2, 0.25) is 11.8 Å². The second-order valence-electron chi connectivity index (χ2n) is 8.38. The number of para-hydroxylation sites is 1. The predicted octanol–water partition coefficient (Wildman–Crippen LogP) is 4.68. The molecule has 2 rings (SSSR count). The van der Waals surface area contributed by atoms with Crippen LogP contribution in [-0.2, 0) is 9.59 Å². The van der Waals surface area contributed by atoms with Crippen LogP contribution in [0, 0.1) is 5.41 Å². The minimum absolute atomic E-state index is 0.0210. The number of amides is 2. The number of likely N-dealkylation sites (N-methyl/N-ethyl adjacent to an activating group) is 1. The average Bonchev–Trinajstić information content (AvgIpc) is 2.72. The average molecular weight is 426 g/mol. The van der Waals surface area contributed by atoms with Crippen molar-refractivity contribution in [2.75, 3.05) is 31.5 Å². The Hall–Kier alpha value is -2.86. The maximum Gasteiger partial charge on any atom is 0.224 e. The van der Waals surface area contributed by atoms with Crippen molar-refractivity contribution >= 4 is 17.5 Å². The summed E-state index contributed by atoms with van der Waals surface area (Å²) in [4.78, 5) is 27.0. The highest BCUT2D eigenvalue weighted by atomic mass is 16.5.